The molecular weight excluding hydrogens is 352 g/mol. The maximum Gasteiger partial charge on any atom is 1.00 e. The van der Waals surface area contributed by atoms with E-state index in [4.69, 9.17) is 10.5 Å². The van der Waals surface area contributed by atoms with Gasteiger partial charge in [-0.05, 0) is 0 Å². The number of thiocyanates is 2. The minimum Gasteiger partial charge on any atom is -1.00 e. The largest absolute Gasteiger partial charge is 1.00 e. The molecule has 0 aliphatic carbocycles. The minimum absolute atomic E-state index is 0. The molecule has 0 N–H and O–H groups in total. The van der Waals surface area contributed by atoms with Crippen molar-refractivity contribution in [3.8, 4) is 10.8 Å². The van der Waals surface area contributed by atoms with Crippen LogP contribution in [-0.2, 0) is 32.2 Å². The first-order valence-electron chi connectivity index (χ1n) is 1.19. The van der Waals surface area contributed by atoms with Crippen LogP contribution in [0, 0.1) is 21.3 Å². The Kier molecular flexibility index (Phi) is 13.8. The van der Waals surface area contributed by atoms with Crippen LogP contribution in [0.3, 0.4) is 0 Å². The summed E-state index contributed by atoms with van der Waals surface area (Å²) < 4.78 is 19.3. The van der Waals surface area contributed by atoms with E-state index in [9.17, 15) is 8.42 Å². The third-order valence-corrected chi connectivity index (χ3v) is 0.721. The van der Waals surface area contributed by atoms with E-state index in [1.807, 2.05) is 0 Å². The van der Waals surface area contributed by atoms with Crippen LogP contribution in [0.4, 0.5) is 0 Å². The molecule has 0 atom stereocenters. The molecule has 7 heteroatoms. The molecule has 0 aliphatic rings. The van der Waals surface area contributed by atoms with E-state index in [1.54, 1.807) is 0 Å². The van der Waals surface area contributed by atoms with E-state index < -0.39 is 9.84 Å². The molecule has 9 heavy (non-hydrogen) atoms. The van der Waals surface area contributed by atoms with Gasteiger partial charge in [-0.1, -0.05) is 0 Å². The summed E-state index contributed by atoms with van der Waals surface area (Å²) >= 11 is 0. The fourth-order valence-corrected chi connectivity index (χ4v) is 0.0612. The van der Waals surface area contributed by atoms with Crippen molar-refractivity contribution in [2.75, 3.05) is 0 Å². The summed E-state index contributed by atoms with van der Waals surface area (Å²) in [4.78, 5) is 0. The van der Waals surface area contributed by atoms with E-state index in [2.05, 4.69) is 0 Å². The van der Waals surface area contributed by atoms with Crippen molar-refractivity contribution in [2.24, 2.45) is 0 Å². The number of hydrogen-bond donors (Lipinski definition) is 0. The molecule has 0 aliphatic heterocycles. The Labute approximate surface area is 113 Å². The van der Waals surface area contributed by atoms with Crippen LogP contribution >= 0.6 is 0 Å². The second-order valence-corrected chi connectivity index (χ2v) is 2.06. The van der Waals surface area contributed by atoms with Gasteiger partial charge in [-0.3, -0.25) is 0 Å². The van der Waals surface area contributed by atoms with Gasteiger partial charge in [-0.25, -0.2) is 0 Å². The zero-order valence-electron chi connectivity index (χ0n) is 5.42. The summed E-state index contributed by atoms with van der Waals surface area (Å²) in [6.45, 7) is 0. The molecule has 0 unspecified atom stereocenters. The van der Waals surface area contributed by atoms with Crippen LogP contribution in [0.15, 0.2) is 0 Å². The standard InChI is InChI=1S/C2N2O2S.Au.K.H/c3-1-7(5,6)2-4;;;/q;;+1;-1. The van der Waals surface area contributed by atoms with Gasteiger partial charge in [0.25, 0.3) is 0 Å². The number of sulfone groups is 1. The molecule has 0 saturated heterocycles. The van der Waals surface area contributed by atoms with Crippen LogP contribution < -0.4 is 51.4 Å². The van der Waals surface area contributed by atoms with Crippen molar-refractivity contribution in [1.29, 1.82) is 10.5 Å². The monoisotopic (exact) mass is 353 g/mol. The number of nitriles is 2. The summed E-state index contributed by atoms with van der Waals surface area (Å²) in [5.41, 5.74) is 0. The Bertz CT molecular complexity index is 219. The van der Waals surface area contributed by atoms with E-state index in [-0.39, 0.29) is 75.2 Å². The fourth-order valence-electron chi connectivity index (χ4n) is 0.0204. The Morgan fingerprint density at radius 3 is 1.44 bits per heavy atom. The third-order valence-electron chi connectivity index (χ3n) is 0.240. The predicted molar refractivity (Wildman–Crippen MR) is 21.3 cm³/mol. The molecule has 49 valence electrons. The maximum absolute atomic E-state index is 9.65. The molecule has 0 aromatic rings. The minimum atomic E-state index is -4.05. The number of hydrogen-bond acceptors (Lipinski definition) is 4. The summed E-state index contributed by atoms with van der Waals surface area (Å²) in [6.07, 6.45) is 0. The molecule has 0 spiro atoms. The van der Waals surface area contributed by atoms with Crippen LogP contribution in [0.5, 0.6) is 0 Å². The number of nitrogens with zero attached hydrogens (tertiary/aromatic N) is 2. The summed E-state index contributed by atoms with van der Waals surface area (Å²) in [7, 11) is -4.05. The van der Waals surface area contributed by atoms with Crippen LogP contribution in [0.1, 0.15) is 1.43 Å². The third kappa shape index (κ3) is 9.31. The molecule has 0 bridgehead atoms. The second-order valence-electron chi connectivity index (χ2n) is 0.686. The first-order valence-corrected chi connectivity index (χ1v) is 2.67. The smallest absolute Gasteiger partial charge is 1.00 e. The normalized spacial score (nSPS) is 6.89. The molecule has 0 fully saturated rings. The molecule has 0 saturated carbocycles. The topological polar surface area (TPSA) is 81.7 Å². The fraction of sp³-hybridized carbons (Fsp3) is 0. The van der Waals surface area contributed by atoms with Crippen molar-refractivity contribution >= 4 is 9.84 Å². The van der Waals surface area contributed by atoms with Crippen molar-refractivity contribution < 1.29 is 83.6 Å². The van der Waals surface area contributed by atoms with Gasteiger partial charge in [0.15, 0.2) is 0 Å². The zero-order chi connectivity index (χ0) is 5.91. The summed E-state index contributed by atoms with van der Waals surface area (Å²) in [5.74, 6) is 0. The van der Waals surface area contributed by atoms with E-state index >= 15 is 0 Å². The molecule has 4 nitrogen and oxygen atoms in total. The average molecular weight is 353 g/mol. The molecule has 0 aromatic carbocycles. The average Bonchev–Trinajstić information content (AvgIpc) is 1.68. The van der Waals surface area contributed by atoms with Gasteiger partial charge >= 0.3 is 61.2 Å². The van der Waals surface area contributed by atoms with E-state index in [0.29, 0.717) is 0 Å². The first kappa shape index (κ1) is 16.7. The van der Waals surface area contributed by atoms with Gasteiger partial charge in [-0.15, -0.1) is 0 Å². The molecule has 0 rings (SSSR count). The van der Waals surface area contributed by atoms with Gasteiger partial charge in [0.2, 0.25) is 10.8 Å². The van der Waals surface area contributed by atoms with Crippen LogP contribution in [-0.4, -0.2) is 8.42 Å². The van der Waals surface area contributed by atoms with Crippen molar-refractivity contribution in [2.45, 2.75) is 0 Å². The van der Waals surface area contributed by atoms with Gasteiger partial charge in [-0.2, -0.15) is 18.9 Å². The quantitative estimate of drug-likeness (QED) is 0.257. The Hall–Kier alpha value is 1.31. The predicted octanol–water partition coefficient (Wildman–Crippen LogP) is -3.52. The zero-order valence-corrected chi connectivity index (χ0v) is 10.5. The van der Waals surface area contributed by atoms with Gasteiger partial charge in [0, 0.05) is 22.4 Å². The molecule has 0 amide bonds. The first-order chi connectivity index (χ1) is 3.12. The Morgan fingerprint density at radius 1 is 1.22 bits per heavy atom. The van der Waals surface area contributed by atoms with E-state index in [1.165, 1.54) is 0 Å². The van der Waals surface area contributed by atoms with Gasteiger partial charge in [0.05, 0.1) is 0 Å². The van der Waals surface area contributed by atoms with Crippen molar-refractivity contribution in [3.05, 3.63) is 0 Å². The summed E-state index contributed by atoms with van der Waals surface area (Å²) in [5, 5.41) is 16.7. The Balaban J connectivity index is -0.0000000600. The van der Waals surface area contributed by atoms with Crippen molar-refractivity contribution in [3.63, 3.8) is 0 Å². The maximum atomic E-state index is 9.65. The van der Waals surface area contributed by atoms with E-state index in [0.717, 1.165) is 10.8 Å². The molecule has 0 aromatic heterocycles. The van der Waals surface area contributed by atoms with Gasteiger partial charge < -0.3 is 1.43 Å². The molecular formula is C2HAuKN2O2S. The summed E-state index contributed by atoms with van der Waals surface area (Å²) in [6, 6.07) is 0. The Morgan fingerprint density at radius 2 is 1.44 bits per heavy atom. The number of rotatable bonds is 0. The second kappa shape index (κ2) is 7.41. The van der Waals surface area contributed by atoms with Crippen LogP contribution in [0.2, 0.25) is 0 Å². The van der Waals surface area contributed by atoms with Crippen LogP contribution in [0.25, 0.3) is 0 Å². The van der Waals surface area contributed by atoms with Crippen molar-refractivity contribution in [1.82, 2.24) is 0 Å². The molecule has 1 radical (unpaired) electrons. The SMILES string of the molecule is N#CS(=O)(=O)C#N.[Au].[H-].[K+]. The van der Waals surface area contributed by atoms with Gasteiger partial charge in [0.1, 0.15) is 0 Å². The molecule has 0 heterocycles.